The summed E-state index contributed by atoms with van der Waals surface area (Å²) in [5.41, 5.74) is 0.969. The number of thiocarbonyl (C=S) groups is 1. The number of carbonyl (C=O) groups excluding carboxylic acids is 1. The van der Waals surface area contributed by atoms with Crippen LogP contribution >= 0.6 is 24.0 Å². The van der Waals surface area contributed by atoms with E-state index in [0.717, 1.165) is 5.56 Å². The van der Waals surface area contributed by atoms with E-state index in [1.165, 1.54) is 30.0 Å². The molecule has 28 heavy (non-hydrogen) atoms. The van der Waals surface area contributed by atoms with Crippen LogP contribution in [-0.2, 0) is 0 Å². The Hall–Kier alpha value is -2.76. The summed E-state index contributed by atoms with van der Waals surface area (Å²) >= 11 is 6.56. The van der Waals surface area contributed by atoms with Crippen LogP contribution in [0.25, 0.3) is 0 Å². The van der Waals surface area contributed by atoms with Crippen molar-refractivity contribution in [3.05, 3.63) is 75.8 Å². The molecule has 0 aliphatic heterocycles. The molecule has 0 N–H and O–H groups in total. The maximum atomic E-state index is 12.9. The van der Waals surface area contributed by atoms with E-state index in [0.29, 0.717) is 4.32 Å². The van der Waals surface area contributed by atoms with E-state index in [1.54, 1.807) is 25.1 Å². The number of nitrogens with zero attached hydrogens (tertiary/aromatic N) is 3. The quantitative estimate of drug-likeness (QED) is 0.287. The number of nitriles is 1. The number of non-ortho nitro benzene ring substituents is 1. The minimum Gasteiger partial charge on any atom is -0.364 e. The molecule has 0 fully saturated rings. The molecule has 2 rings (SSSR count). The molecule has 0 radical (unpaired) electrons. The van der Waals surface area contributed by atoms with Crippen LogP contribution < -0.4 is 0 Å². The number of nitro benzene ring substituents is 1. The van der Waals surface area contributed by atoms with Gasteiger partial charge in [-0.1, -0.05) is 66.4 Å². The van der Waals surface area contributed by atoms with E-state index < -0.39 is 16.1 Å². The van der Waals surface area contributed by atoms with E-state index >= 15 is 0 Å². The van der Waals surface area contributed by atoms with Crippen molar-refractivity contribution >= 4 is 39.8 Å². The zero-order chi connectivity index (χ0) is 20.7. The fourth-order valence-corrected chi connectivity index (χ4v) is 3.83. The minimum atomic E-state index is -0.569. The molecular weight excluding hydrogens is 394 g/mol. The summed E-state index contributed by atoms with van der Waals surface area (Å²) in [7, 11) is 3.60. The SMILES string of the molecule is CN(C)C(=S)SC(C#N)C(CC(=O)c1cccc([N+](=O)[O-])c1)c1ccccc1. The molecular formula is C20H19N3O3S2. The number of hydrogen-bond acceptors (Lipinski definition) is 6. The van der Waals surface area contributed by atoms with Gasteiger partial charge in [0.25, 0.3) is 5.69 Å². The van der Waals surface area contributed by atoms with Crippen molar-refractivity contribution in [2.45, 2.75) is 17.6 Å². The van der Waals surface area contributed by atoms with Gasteiger partial charge in [0.1, 0.15) is 9.57 Å². The number of ketones is 1. The molecule has 8 heteroatoms. The predicted molar refractivity (Wildman–Crippen MR) is 115 cm³/mol. The highest BCUT2D eigenvalue weighted by Crippen LogP contribution is 2.34. The lowest BCUT2D eigenvalue weighted by Gasteiger charge is -2.23. The van der Waals surface area contributed by atoms with Crippen molar-refractivity contribution in [2.75, 3.05) is 14.1 Å². The third-order valence-electron chi connectivity index (χ3n) is 4.10. The maximum Gasteiger partial charge on any atom is 0.270 e. The molecule has 0 spiro atoms. The van der Waals surface area contributed by atoms with Crippen molar-refractivity contribution < 1.29 is 9.72 Å². The van der Waals surface area contributed by atoms with Gasteiger partial charge in [-0.05, 0) is 5.56 Å². The Morgan fingerprint density at radius 2 is 1.93 bits per heavy atom. The van der Waals surface area contributed by atoms with E-state index in [9.17, 15) is 20.2 Å². The average molecular weight is 414 g/mol. The van der Waals surface area contributed by atoms with Gasteiger partial charge in [-0.15, -0.1) is 0 Å². The van der Waals surface area contributed by atoms with Crippen LogP contribution in [0.5, 0.6) is 0 Å². The van der Waals surface area contributed by atoms with Gasteiger partial charge in [-0.25, -0.2) is 0 Å². The monoisotopic (exact) mass is 413 g/mol. The van der Waals surface area contributed by atoms with E-state index in [4.69, 9.17) is 12.2 Å². The third kappa shape index (κ3) is 5.62. The fourth-order valence-electron chi connectivity index (χ4n) is 2.62. The molecule has 0 saturated carbocycles. The number of benzene rings is 2. The first-order chi connectivity index (χ1) is 13.3. The Morgan fingerprint density at radius 3 is 2.50 bits per heavy atom. The summed E-state index contributed by atoms with van der Waals surface area (Å²) in [6, 6.07) is 17.2. The van der Waals surface area contributed by atoms with Crippen LogP contribution in [0.15, 0.2) is 54.6 Å². The van der Waals surface area contributed by atoms with Gasteiger partial charge >= 0.3 is 0 Å². The molecule has 2 aromatic carbocycles. The van der Waals surface area contributed by atoms with E-state index in [2.05, 4.69) is 6.07 Å². The summed E-state index contributed by atoms with van der Waals surface area (Å²) in [6.07, 6.45) is 0.0481. The second kappa shape index (κ2) is 9.97. The van der Waals surface area contributed by atoms with Crippen molar-refractivity contribution in [1.82, 2.24) is 4.90 Å². The molecule has 0 aromatic heterocycles. The van der Waals surface area contributed by atoms with Crippen molar-refractivity contribution in [1.29, 1.82) is 5.26 Å². The van der Waals surface area contributed by atoms with Crippen molar-refractivity contribution in [3.63, 3.8) is 0 Å². The molecule has 0 aliphatic carbocycles. The van der Waals surface area contributed by atoms with Gasteiger partial charge in [0.05, 0.1) is 11.0 Å². The number of hydrogen-bond donors (Lipinski definition) is 0. The molecule has 0 saturated heterocycles. The zero-order valence-corrected chi connectivity index (χ0v) is 17.1. The average Bonchev–Trinajstić information content (AvgIpc) is 2.70. The first-order valence-electron chi connectivity index (χ1n) is 8.43. The van der Waals surface area contributed by atoms with Gasteiger partial charge in [-0.2, -0.15) is 5.26 Å². The van der Waals surface area contributed by atoms with E-state index in [1.807, 2.05) is 30.3 Å². The van der Waals surface area contributed by atoms with Crippen LogP contribution in [0.4, 0.5) is 5.69 Å². The molecule has 2 unspecified atom stereocenters. The molecule has 0 heterocycles. The number of carbonyl (C=O) groups is 1. The van der Waals surface area contributed by atoms with Gasteiger partial charge in [-0.3, -0.25) is 14.9 Å². The summed E-state index contributed by atoms with van der Waals surface area (Å²) in [4.78, 5) is 25.1. The van der Waals surface area contributed by atoms with Crippen LogP contribution in [-0.4, -0.2) is 39.3 Å². The Kier molecular flexibility index (Phi) is 7.67. The zero-order valence-electron chi connectivity index (χ0n) is 15.4. The first-order valence-corrected chi connectivity index (χ1v) is 9.72. The van der Waals surface area contributed by atoms with Crippen LogP contribution in [0.1, 0.15) is 28.3 Å². The second-order valence-corrected chi connectivity index (χ2v) is 8.06. The lowest BCUT2D eigenvalue weighted by atomic mass is 9.89. The molecule has 0 aliphatic rings. The summed E-state index contributed by atoms with van der Waals surface area (Å²) in [6.45, 7) is 0. The highest BCUT2D eigenvalue weighted by Gasteiger charge is 2.28. The first kappa shape index (κ1) is 21.5. The number of rotatable bonds is 7. The largest absolute Gasteiger partial charge is 0.364 e. The Bertz CT molecular complexity index is 910. The highest BCUT2D eigenvalue weighted by atomic mass is 32.2. The summed E-state index contributed by atoms with van der Waals surface area (Å²) in [5.74, 6) is -0.657. The fraction of sp³-hybridized carbons (Fsp3) is 0.250. The Balaban J connectivity index is 2.33. The van der Waals surface area contributed by atoms with Crippen molar-refractivity contribution in [2.24, 2.45) is 0 Å². The van der Waals surface area contributed by atoms with Crippen LogP contribution in [0.2, 0.25) is 0 Å². The third-order valence-corrected chi connectivity index (χ3v) is 6.01. The van der Waals surface area contributed by atoms with Gasteiger partial charge in [0.2, 0.25) is 0 Å². The number of Topliss-reactive ketones (excluding diaryl/α,β-unsaturated/α-hetero) is 1. The smallest absolute Gasteiger partial charge is 0.270 e. The second-order valence-electron chi connectivity index (χ2n) is 6.28. The molecule has 2 aromatic rings. The molecule has 0 amide bonds. The van der Waals surface area contributed by atoms with Gasteiger partial charge in [0, 0.05) is 44.1 Å². The molecule has 144 valence electrons. The standard InChI is InChI=1S/C20H19N3O3S2/c1-22(2)20(27)28-19(13-21)17(14-7-4-3-5-8-14)12-18(24)15-9-6-10-16(11-15)23(25)26/h3-11,17,19H,12H2,1-2H3. The maximum absolute atomic E-state index is 12.9. The van der Waals surface area contributed by atoms with Gasteiger partial charge in [0.15, 0.2) is 5.78 Å². The van der Waals surface area contributed by atoms with Crippen molar-refractivity contribution in [3.8, 4) is 6.07 Å². The van der Waals surface area contributed by atoms with Gasteiger partial charge < -0.3 is 4.90 Å². The molecule has 2 atom stereocenters. The number of nitro groups is 1. The number of thioether (sulfide) groups is 1. The highest BCUT2D eigenvalue weighted by molar-refractivity contribution is 8.23. The Labute approximate surface area is 173 Å². The summed E-state index contributed by atoms with van der Waals surface area (Å²) < 4.78 is 0.551. The summed E-state index contributed by atoms with van der Waals surface area (Å²) in [5, 5.41) is 20.2. The van der Waals surface area contributed by atoms with E-state index in [-0.39, 0.29) is 23.5 Å². The predicted octanol–water partition coefficient (Wildman–Crippen LogP) is 4.42. The Morgan fingerprint density at radius 1 is 1.25 bits per heavy atom. The normalized spacial score (nSPS) is 12.5. The molecule has 6 nitrogen and oxygen atoms in total. The minimum absolute atomic E-state index is 0.0481. The van der Waals surface area contributed by atoms with Crippen LogP contribution in [0.3, 0.4) is 0 Å². The lowest BCUT2D eigenvalue weighted by molar-refractivity contribution is -0.384. The topological polar surface area (TPSA) is 87.2 Å². The van der Waals surface area contributed by atoms with Crippen LogP contribution in [0, 0.1) is 21.4 Å². The lowest BCUT2D eigenvalue weighted by Crippen LogP contribution is -2.24. The molecule has 0 bridgehead atoms.